The first-order chi connectivity index (χ1) is 9.04. The quantitative estimate of drug-likeness (QED) is 0.855. The van der Waals surface area contributed by atoms with E-state index in [0.29, 0.717) is 12.3 Å². The lowest BCUT2D eigenvalue weighted by atomic mass is 10.1. The molecule has 2 rings (SSSR count). The zero-order chi connectivity index (χ0) is 13.8. The lowest BCUT2D eigenvalue weighted by Gasteiger charge is -2.09. The van der Waals surface area contributed by atoms with Crippen molar-refractivity contribution in [2.45, 2.75) is 33.1 Å². The molecule has 1 fully saturated rings. The molecule has 0 aliphatic heterocycles. The number of anilines is 2. The Kier molecular flexibility index (Phi) is 4.20. The minimum Gasteiger partial charge on any atom is -0.326 e. The number of hydrogen-bond acceptors (Lipinski definition) is 2. The van der Waals surface area contributed by atoms with Gasteiger partial charge in [0.1, 0.15) is 0 Å². The molecule has 0 heterocycles. The zero-order valence-electron chi connectivity index (χ0n) is 11.4. The molecule has 0 spiro atoms. The summed E-state index contributed by atoms with van der Waals surface area (Å²) in [4.78, 5) is 23.3. The van der Waals surface area contributed by atoms with Crippen LogP contribution in [0, 0.1) is 11.8 Å². The van der Waals surface area contributed by atoms with E-state index in [-0.39, 0.29) is 17.7 Å². The van der Waals surface area contributed by atoms with E-state index in [1.807, 2.05) is 32.0 Å². The van der Waals surface area contributed by atoms with Crippen LogP contribution in [-0.2, 0) is 9.59 Å². The molecule has 102 valence electrons. The fraction of sp³-hybridized carbons (Fsp3) is 0.467. The second kappa shape index (κ2) is 5.87. The van der Waals surface area contributed by atoms with Crippen molar-refractivity contribution in [3.8, 4) is 0 Å². The molecule has 19 heavy (non-hydrogen) atoms. The van der Waals surface area contributed by atoms with E-state index < -0.39 is 0 Å². The molecule has 0 aromatic heterocycles. The minimum absolute atomic E-state index is 0.000620. The Morgan fingerprint density at radius 1 is 1.21 bits per heavy atom. The first kappa shape index (κ1) is 13.6. The Balaban J connectivity index is 1.94. The van der Waals surface area contributed by atoms with E-state index in [4.69, 9.17) is 0 Å². The van der Waals surface area contributed by atoms with E-state index in [0.717, 1.165) is 24.2 Å². The first-order valence-electron chi connectivity index (χ1n) is 6.75. The van der Waals surface area contributed by atoms with Gasteiger partial charge in [0.2, 0.25) is 11.8 Å². The van der Waals surface area contributed by atoms with Gasteiger partial charge in [-0.2, -0.15) is 0 Å². The van der Waals surface area contributed by atoms with E-state index in [1.54, 1.807) is 6.07 Å². The smallest absolute Gasteiger partial charge is 0.227 e. The Morgan fingerprint density at radius 3 is 2.42 bits per heavy atom. The van der Waals surface area contributed by atoms with Gasteiger partial charge in [-0.1, -0.05) is 19.9 Å². The Morgan fingerprint density at radius 2 is 1.84 bits per heavy atom. The third kappa shape index (κ3) is 4.39. The van der Waals surface area contributed by atoms with Crippen molar-refractivity contribution in [2.24, 2.45) is 11.8 Å². The molecule has 1 aliphatic rings. The van der Waals surface area contributed by atoms with Gasteiger partial charge in [-0.25, -0.2) is 0 Å². The van der Waals surface area contributed by atoms with Gasteiger partial charge in [0.05, 0.1) is 0 Å². The molecule has 2 amide bonds. The lowest BCUT2D eigenvalue weighted by Crippen LogP contribution is -2.15. The normalized spacial score (nSPS) is 14.3. The highest BCUT2D eigenvalue weighted by Gasteiger charge is 2.29. The molecule has 1 saturated carbocycles. The maximum Gasteiger partial charge on any atom is 0.227 e. The summed E-state index contributed by atoms with van der Waals surface area (Å²) in [7, 11) is 0. The molecule has 4 nitrogen and oxygen atoms in total. The molecule has 0 atom stereocenters. The van der Waals surface area contributed by atoms with Crippen LogP contribution in [0.15, 0.2) is 24.3 Å². The lowest BCUT2D eigenvalue weighted by molar-refractivity contribution is -0.117. The summed E-state index contributed by atoms with van der Waals surface area (Å²) in [6.07, 6.45) is 2.46. The number of carbonyl (C=O) groups is 2. The van der Waals surface area contributed by atoms with Crippen LogP contribution in [0.2, 0.25) is 0 Å². The maximum atomic E-state index is 11.7. The predicted molar refractivity (Wildman–Crippen MR) is 75.9 cm³/mol. The van der Waals surface area contributed by atoms with Gasteiger partial charge in [0.15, 0.2) is 0 Å². The summed E-state index contributed by atoms with van der Waals surface area (Å²) < 4.78 is 0. The second-order valence-electron chi connectivity index (χ2n) is 5.49. The molecule has 0 radical (unpaired) electrons. The molecule has 1 aliphatic carbocycles. The molecule has 2 N–H and O–H groups in total. The van der Waals surface area contributed by atoms with E-state index in [2.05, 4.69) is 10.6 Å². The van der Waals surface area contributed by atoms with Crippen LogP contribution in [-0.4, -0.2) is 11.8 Å². The Labute approximate surface area is 113 Å². The largest absolute Gasteiger partial charge is 0.326 e. The van der Waals surface area contributed by atoms with Gasteiger partial charge in [-0.3, -0.25) is 9.59 Å². The van der Waals surface area contributed by atoms with Crippen molar-refractivity contribution < 1.29 is 9.59 Å². The zero-order valence-corrected chi connectivity index (χ0v) is 11.4. The Hall–Kier alpha value is -1.84. The van der Waals surface area contributed by atoms with Crippen molar-refractivity contribution in [3.05, 3.63) is 24.3 Å². The number of rotatable bonds is 5. The summed E-state index contributed by atoms with van der Waals surface area (Å²) in [5.41, 5.74) is 1.46. The van der Waals surface area contributed by atoms with Gasteiger partial charge < -0.3 is 10.6 Å². The molecular weight excluding hydrogens is 240 g/mol. The van der Waals surface area contributed by atoms with E-state index >= 15 is 0 Å². The summed E-state index contributed by atoms with van der Waals surface area (Å²) in [5, 5.41) is 5.71. The van der Waals surface area contributed by atoms with E-state index in [1.165, 1.54) is 0 Å². The minimum atomic E-state index is 0.000620. The standard InChI is InChI=1S/C15H20N2O2/c1-10(2)8-14(18)16-12-4-3-5-13(9-12)17-15(19)11-6-7-11/h3-5,9-11H,6-8H2,1-2H3,(H,16,18)(H,17,19). The molecular formula is C15H20N2O2. The van der Waals surface area contributed by atoms with Gasteiger partial charge in [0.25, 0.3) is 0 Å². The first-order valence-corrected chi connectivity index (χ1v) is 6.75. The number of hydrogen-bond donors (Lipinski definition) is 2. The summed E-state index contributed by atoms with van der Waals surface area (Å²) in [5.74, 6) is 0.586. The van der Waals surface area contributed by atoms with Crippen molar-refractivity contribution in [3.63, 3.8) is 0 Å². The van der Waals surface area contributed by atoms with Crippen LogP contribution < -0.4 is 10.6 Å². The van der Waals surface area contributed by atoms with Gasteiger partial charge >= 0.3 is 0 Å². The van der Waals surface area contributed by atoms with Gasteiger partial charge in [0, 0.05) is 23.7 Å². The van der Waals surface area contributed by atoms with Crippen molar-refractivity contribution in [2.75, 3.05) is 10.6 Å². The maximum absolute atomic E-state index is 11.7. The highest BCUT2D eigenvalue weighted by atomic mass is 16.2. The predicted octanol–water partition coefficient (Wildman–Crippen LogP) is 3.02. The topological polar surface area (TPSA) is 58.2 Å². The molecule has 0 saturated heterocycles. The van der Waals surface area contributed by atoms with Gasteiger partial charge in [-0.15, -0.1) is 0 Å². The number of benzene rings is 1. The molecule has 4 heteroatoms. The number of nitrogens with one attached hydrogen (secondary N) is 2. The van der Waals surface area contributed by atoms with Crippen LogP contribution in [0.25, 0.3) is 0 Å². The molecule has 1 aromatic carbocycles. The summed E-state index contributed by atoms with van der Waals surface area (Å²) in [6, 6.07) is 7.27. The Bertz CT molecular complexity index is 479. The average molecular weight is 260 g/mol. The van der Waals surface area contributed by atoms with Crippen LogP contribution >= 0.6 is 0 Å². The molecule has 0 bridgehead atoms. The average Bonchev–Trinajstić information content (AvgIpc) is 3.11. The van der Waals surface area contributed by atoms with Crippen molar-refractivity contribution in [1.29, 1.82) is 0 Å². The van der Waals surface area contributed by atoms with Crippen LogP contribution in [0.5, 0.6) is 0 Å². The third-order valence-corrected chi connectivity index (χ3v) is 2.96. The fourth-order valence-electron chi connectivity index (χ4n) is 1.85. The third-order valence-electron chi connectivity index (χ3n) is 2.96. The van der Waals surface area contributed by atoms with Crippen LogP contribution in [0.3, 0.4) is 0 Å². The monoisotopic (exact) mass is 260 g/mol. The van der Waals surface area contributed by atoms with Crippen molar-refractivity contribution >= 4 is 23.2 Å². The molecule has 1 aromatic rings. The van der Waals surface area contributed by atoms with Crippen molar-refractivity contribution in [1.82, 2.24) is 0 Å². The fourth-order valence-corrected chi connectivity index (χ4v) is 1.85. The van der Waals surface area contributed by atoms with Crippen LogP contribution in [0.4, 0.5) is 11.4 Å². The molecule has 0 unspecified atom stereocenters. The highest BCUT2D eigenvalue weighted by molar-refractivity contribution is 5.95. The SMILES string of the molecule is CC(C)CC(=O)Nc1cccc(NC(=O)C2CC2)c1. The number of carbonyl (C=O) groups excluding carboxylic acids is 2. The van der Waals surface area contributed by atoms with Gasteiger partial charge in [-0.05, 0) is 37.0 Å². The van der Waals surface area contributed by atoms with E-state index in [9.17, 15) is 9.59 Å². The summed E-state index contributed by atoms with van der Waals surface area (Å²) in [6.45, 7) is 4.01. The highest BCUT2D eigenvalue weighted by Crippen LogP contribution is 2.30. The number of amides is 2. The summed E-state index contributed by atoms with van der Waals surface area (Å²) >= 11 is 0. The second-order valence-corrected chi connectivity index (χ2v) is 5.49. The van der Waals surface area contributed by atoms with Crippen LogP contribution in [0.1, 0.15) is 33.1 Å².